The maximum atomic E-state index is 12.8. The third-order valence-electron chi connectivity index (χ3n) is 5.49. The third kappa shape index (κ3) is 6.72. The number of hydrogen-bond acceptors (Lipinski definition) is 4. The summed E-state index contributed by atoms with van der Waals surface area (Å²) in [6.45, 7) is 5.15. The highest BCUT2D eigenvalue weighted by atomic mass is 35.5. The molecule has 0 bridgehead atoms. The molecule has 172 valence electrons. The number of benzene rings is 2. The van der Waals surface area contributed by atoms with Gasteiger partial charge in [0.05, 0.1) is 12.4 Å². The molecule has 3 rings (SSSR count). The normalized spacial score (nSPS) is 13.5. The minimum absolute atomic E-state index is 0. The monoisotopic (exact) mass is 457 g/mol. The van der Waals surface area contributed by atoms with Gasteiger partial charge in [0.1, 0.15) is 6.04 Å². The average molecular weight is 458 g/mol. The van der Waals surface area contributed by atoms with Crippen LogP contribution in [0.4, 0.5) is 5.69 Å². The number of hydrogen-bond donors (Lipinski definition) is 4. The van der Waals surface area contributed by atoms with Gasteiger partial charge in [0.2, 0.25) is 11.8 Å². The fourth-order valence-corrected chi connectivity index (χ4v) is 3.80. The van der Waals surface area contributed by atoms with E-state index in [1.807, 2.05) is 56.3 Å². The highest BCUT2D eigenvalue weighted by Crippen LogP contribution is 2.19. The summed E-state index contributed by atoms with van der Waals surface area (Å²) < 4.78 is 0. The largest absolute Gasteiger partial charge is 0.387 e. The number of amides is 2. The van der Waals surface area contributed by atoms with Crippen molar-refractivity contribution in [1.29, 1.82) is 5.41 Å². The lowest BCUT2D eigenvalue weighted by molar-refractivity contribution is -0.134. The molecule has 8 heteroatoms. The minimum atomic E-state index is -0.484. The summed E-state index contributed by atoms with van der Waals surface area (Å²) in [5.74, 6) is -0.172. The zero-order valence-electron chi connectivity index (χ0n) is 18.6. The molecule has 1 aliphatic heterocycles. The Hall–Kier alpha value is -3.06. The Morgan fingerprint density at radius 3 is 2.53 bits per heavy atom. The lowest BCUT2D eigenvalue weighted by atomic mass is 10.00. The maximum Gasteiger partial charge on any atom is 0.243 e. The fourth-order valence-electron chi connectivity index (χ4n) is 3.80. The van der Waals surface area contributed by atoms with E-state index >= 15 is 0 Å². The van der Waals surface area contributed by atoms with Crippen LogP contribution in [0.5, 0.6) is 0 Å². The number of carbonyl (C=O) groups is 2. The zero-order chi connectivity index (χ0) is 22.4. The van der Waals surface area contributed by atoms with Crippen molar-refractivity contribution in [2.45, 2.75) is 39.3 Å². The van der Waals surface area contributed by atoms with E-state index < -0.39 is 6.04 Å². The Morgan fingerprint density at radius 2 is 1.84 bits per heavy atom. The number of fused-ring (bicyclic) bond motifs is 1. The molecule has 0 spiro atoms. The van der Waals surface area contributed by atoms with Crippen LogP contribution >= 0.6 is 12.4 Å². The molecule has 2 aromatic carbocycles. The predicted octanol–water partition coefficient (Wildman–Crippen LogP) is 2.72. The summed E-state index contributed by atoms with van der Waals surface area (Å²) in [5, 5.41) is 13.5. The van der Waals surface area contributed by atoms with E-state index in [1.54, 1.807) is 4.90 Å². The summed E-state index contributed by atoms with van der Waals surface area (Å²) >= 11 is 0. The summed E-state index contributed by atoms with van der Waals surface area (Å²) in [6, 6.07) is 15.2. The molecule has 7 nitrogen and oxygen atoms in total. The molecule has 1 unspecified atom stereocenters. The molecule has 1 heterocycles. The van der Waals surface area contributed by atoms with E-state index in [9.17, 15) is 9.59 Å². The van der Waals surface area contributed by atoms with Crippen molar-refractivity contribution >= 4 is 35.7 Å². The predicted molar refractivity (Wildman–Crippen MR) is 130 cm³/mol. The number of nitrogens with two attached hydrogens (primary N) is 1. The molecule has 0 radical (unpaired) electrons. The third-order valence-corrected chi connectivity index (χ3v) is 5.49. The van der Waals surface area contributed by atoms with Crippen molar-refractivity contribution in [3.8, 4) is 0 Å². The standard InChI is InChI=1S/C24H31N5O2.ClH/c1-16(2)23(28-20-9-5-6-17(12-20)13-21(25)26)24(31)27-14-22(30)29-11-10-18-7-3-4-8-19(18)15-29;/h3-9,12,16,23,28H,10-11,13-15H2,1-2H3,(H3,25,26)(H,27,31);1H. The molecule has 32 heavy (non-hydrogen) atoms. The summed E-state index contributed by atoms with van der Waals surface area (Å²) in [5.41, 5.74) is 9.63. The van der Waals surface area contributed by atoms with Gasteiger partial charge >= 0.3 is 0 Å². The molecule has 0 saturated carbocycles. The number of rotatable bonds is 8. The molecule has 1 atom stereocenters. The van der Waals surface area contributed by atoms with Gasteiger partial charge in [0.25, 0.3) is 0 Å². The zero-order valence-corrected chi connectivity index (χ0v) is 19.4. The van der Waals surface area contributed by atoms with Crippen molar-refractivity contribution in [1.82, 2.24) is 10.2 Å². The molecule has 0 saturated heterocycles. The molecule has 2 aromatic rings. The SMILES string of the molecule is CC(C)C(Nc1cccc(CC(=N)N)c1)C(=O)NCC(=O)N1CCc2ccccc2C1.Cl. The summed E-state index contributed by atoms with van der Waals surface area (Å²) in [7, 11) is 0. The summed E-state index contributed by atoms with van der Waals surface area (Å²) in [4.78, 5) is 27.3. The second kappa shape index (κ2) is 11.5. The number of amidine groups is 1. The van der Waals surface area contributed by atoms with E-state index in [-0.39, 0.29) is 42.5 Å². The van der Waals surface area contributed by atoms with E-state index in [4.69, 9.17) is 11.1 Å². The Balaban J connectivity index is 0.00000363. The lowest BCUT2D eigenvalue weighted by Gasteiger charge is -2.29. The van der Waals surface area contributed by atoms with Gasteiger partial charge in [-0.25, -0.2) is 0 Å². The quantitative estimate of drug-likeness (QED) is 0.360. The van der Waals surface area contributed by atoms with E-state index in [0.717, 1.165) is 17.7 Å². The molecule has 5 N–H and O–H groups in total. The first-order valence-electron chi connectivity index (χ1n) is 10.6. The second-order valence-corrected chi connectivity index (χ2v) is 8.32. The number of anilines is 1. The van der Waals surface area contributed by atoms with Crippen molar-refractivity contribution in [3.63, 3.8) is 0 Å². The maximum absolute atomic E-state index is 12.8. The van der Waals surface area contributed by atoms with Gasteiger partial charge in [0, 0.05) is 25.2 Å². The van der Waals surface area contributed by atoms with Gasteiger partial charge in [-0.15, -0.1) is 12.4 Å². The van der Waals surface area contributed by atoms with Gasteiger partial charge in [-0.2, -0.15) is 0 Å². The number of carbonyl (C=O) groups excluding carboxylic acids is 2. The molecule has 1 aliphatic rings. The summed E-state index contributed by atoms with van der Waals surface area (Å²) in [6.07, 6.45) is 1.20. The number of nitrogens with one attached hydrogen (secondary N) is 3. The van der Waals surface area contributed by atoms with Crippen LogP contribution in [0.1, 0.15) is 30.5 Å². The van der Waals surface area contributed by atoms with Crippen LogP contribution in [0.25, 0.3) is 0 Å². The average Bonchev–Trinajstić information content (AvgIpc) is 2.74. The number of halogens is 1. The Morgan fingerprint density at radius 1 is 1.12 bits per heavy atom. The van der Waals surface area contributed by atoms with Gasteiger partial charge in [-0.05, 0) is 41.2 Å². The number of nitrogens with zero attached hydrogens (tertiary/aromatic N) is 1. The van der Waals surface area contributed by atoms with Crippen molar-refractivity contribution < 1.29 is 9.59 Å². The smallest absolute Gasteiger partial charge is 0.243 e. The first-order chi connectivity index (χ1) is 14.8. The Kier molecular flexibility index (Phi) is 9.08. The van der Waals surface area contributed by atoms with Gasteiger partial charge in [0.15, 0.2) is 0 Å². The van der Waals surface area contributed by atoms with Crippen molar-refractivity contribution in [3.05, 3.63) is 65.2 Å². The van der Waals surface area contributed by atoms with Crippen LogP contribution in [0.2, 0.25) is 0 Å². The second-order valence-electron chi connectivity index (χ2n) is 8.32. The highest BCUT2D eigenvalue weighted by Gasteiger charge is 2.25. The van der Waals surface area contributed by atoms with E-state index in [2.05, 4.69) is 16.7 Å². The first kappa shape index (κ1) is 25.2. The molecular formula is C24H32ClN5O2. The van der Waals surface area contributed by atoms with Crippen LogP contribution in [0.3, 0.4) is 0 Å². The van der Waals surface area contributed by atoms with Gasteiger partial charge < -0.3 is 21.3 Å². The lowest BCUT2D eigenvalue weighted by Crippen LogP contribution is -2.48. The van der Waals surface area contributed by atoms with Gasteiger partial charge in [-0.3, -0.25) is 15.0 Å². The Bertz CT molecular complexity index is 963. The van der Waals surface area contributed by atoms with Crippen LogP contribution in [0, 0.1) is 11.3 Å². The molecule has 0 fully saturated rings. The van der Waals surface area contributed by atoms with Crippen LogP contribution < -0.4 is 16.4 Å². The molecule has 0 aliphatic carbocycles. The van der Waals surface area contributed by atoms with Crippen molar-refractivity contribution in [2.24, 2.45) is 11.7 Å². The Labute approximate surface area is 195 Å². The molecular weight excluding hydrogens is 426 g/mol. The van der Waals surface area contributed by atoms with Gasteiger partial charge in [-0.1, -0.05) is 50.2 Å². The molecule has 2 amide bonds. The van der Waals surface area contributed by atoms with Crippen LogP contribution in [-0.4, -0.2) is 41.7 Å². The van der Waals surface area contributed by atoms with Crippen LogP contribution in [0.15, 0.2) is 48.5 Å². The first-order valence-corrected chi connectivity index (χ1v) is 10.6. The highest BCUT2D eigenvalue weighted by molar-refractivity contribution is 5.89. The van der Waals surface area contributed by atoms with E-state index in [1.165, 1.54) is 11.1 Å². The molecule has 0 aromatic heterocycles. The van der Waals surface area contributed by atoms with E-state index in [0.29, 0.717) is 19.5 Å². The topological polar surface area (TPSA) is 111 Å². The van der Waals surface area contributed by atoms with Crippen LogP contribution in [-0.2, 0) is 29.0 Å². The van der Waals surface area contributed by atoms with Crippen molar-refractivity contribution in [2.75, 3.05) is 18.4 Å². The fraction of sp³-hybridized carbons (Fsp3) is 0.375. The minimum Gasteiger partial charge on any atom is -0.387 e.